The third-order valence-electron chi connectivity index (χ3n) is 2.46. The molecule has 0 aliphatic heterocycles. The zero-order chi connectivity index (χ0) is 12.4. The van der Waals surface area contributed by atoms with Gasteiger partial charge in [-0.25, -0.2) is 4.68 Å². The molecule has 2 aromatic rings. The van der Waals surface area contributed by atoms with E-state index in [1.807, 2.05) is 30.3 Å². The number of aromatic nitrogens is 2. The van der Waals surface area contributed by atoms with E-state index in [4.69, 9.17) is 17.3 Å². The van der Waals surface area contributed by atoms with E-state index in [1.165, 1.54) is 0 Å². The molecule has 0 radical (unpaired) electrons. The minimum Gasteiger partial charge on any atom is -0.384 e. The molecule has 1 heterocycles. The van der Waals surface area contributed by atoms with Gasteiger partial charge in [0.05, 0.1) is 11.4 Å². The molecule has 90 valence electrons. The third kappa shape index (κ3) is 2.80. The van der Waals surface area contributed by atoms with E-state index in [0.29, 0.717) is 16.8 Å². The fourth-order valence-electron chi connectivity index (χ4n) is 1.78. The summed E-state index contributed by atoms with van der Waals surface area (Å²) in [5.41, 5.74) is 7.86. The molecule has 3 nitrogen and oxygen atoms in total. The van der Waals surface area contributed by atoms with Gasteiger partial charge < -0.3 is 5.73 Å². The van der Waals surface area contributed by atoms with Crippen LogP contribution in [-0.4, -0.2) is 9.78 Å². The minimum absolute atomic E-state index is 0.567. The van der Waals surface area contributed by atoms with E-state index < -0.39 is 0 Å². The van der Waals surface area contributed by atoms with Crippen LogP contribution in [0.4, 0.5) is 5.82 Å². The first-order valence-electron chi connectivity index (χ1n) is 5.66. The zero-order valence-electron chi connectivity index (χ0n) is 10.0. The maximum absolute atomic E-state index is 5.96. The van der Waals surface area contributed by atoms with Gasteiger partial charge in [-0.15, -0.1) is 0 Å². The second-order valence-corrected chi connectivity index (χ2v) is 4.99. The molecule has 0 unspecified atom stereocenters. The van der Waals surface area contributed by atoms with E-state index in [0.717, 1.165) is 17.8 Å². The molecule has 2 N–H and O–H groups in total. The van der Waals surface area contributed by atoms with Crippen LogP contribution in [0.2, 0.25) is 5.02 Å². The summed E-state index contributed by atoms with van der Waals surface area (Å²) in [5.74, 6) is 1.21. The second kappa shape index (κ2) is 4.80. The van der Waals surface area contributed by atoms with E-state index >= 15 is 0 Å². The lowest BCUT2D eigenvalue weighted by molar-refractivity contribution is 0.628. The van der Waals surface area contributed by atoms with Crippen molar-refractivity contribution in [2.45, 2.75) is 20.3 Å². The second-order valence-electron chi connectivity index (χ2n) is 4.55. The van der Waals surface area contributed by atoms with Crippen molar-refractivity contribution in [1.82, 2.24) is 9.78 Å². The molecule has 0 aliphatic rings. The highest BCUT2D eigenvalue weighted by Gasteiger charge is 2.08. The Balaban J connectivity index is 2.36. The number of anilines is 1. The molecule has 1 aromatic heterocycles. The summed E-state index contributed by atoms with van der Waals surface area (Å²) in [6.07, 6.45) is 0.928. The van der Waals surface area contributed by atoms with E-state index in [2.05, 4.69) is 18.9 Å². The molecule has 0 saturated heterocycles. The fraction of sp³-hybridized carbons (Fsp3) is 0.308. The Bertz CT molecular complexity index is 517. The van der Waals surface area contributed by atoms with Gasteiger partial charge in [0.1, 0.15) is 5.82 Å². The van der Waals surface area contributed by atoms with Gasteiger partial charge in [-0.3, -0.25) is 0 Å². The first kappa shape index (κ1) is 12.0. The summed E-state index contributed by atoms with van der Waals surface area (Å²) >= 11 is 5.96. The summed E-state index contributed by atoms with van der Waals surface area (Å²) < 4.78 is 1.73. The quantitative estimate of drug-likeness (QED) is 0.907. The topological polar surface area (TPSA) is 43.8 Å². The fourth-order valence-corrected chi connectivity index (χ4v) is 1.96. The van der Waals surface area contributed by atoms with Crippen LogP contribution in [0.25, 0.3) is 5.69 Å². The maximum Gasteiger partial charge on any atom is 0.127 e. The minimum atomic E-state index is 0.567. The van der Waals surface area contributed by atoms with Gasteiger partial charge in [0.25, 0.3) is 0 Å². The summed E-state index contributed by atoms with van der Waals surface area (Å²) in [5, 5.41) is 5.18. The van der Waals surface area contributed by atoms with E-state index in [-0.39, 0.29) is 0 Å². The lowest BCUT2D eigenvalue weighted by Gasteiger charge is -2.04. The number of benzene rings is 1. The van der Waals surface area contributed by atoms with Crippen LogP contribution in [0.3, 0.4) is 0 Å². The van der Waals surface area contributed by atoms with Gasteiger partial charge in [0.15, 0.2) is 0 Å². The average Bonchev–Trinajstić information content (AvgIpc) is 2.58. The Hall–Kier alpha value is -1.48. The van der Waals surface area contributed by atoms with Crippen molar-refractivity contribution < 1.29 is 0 Å². The number of hydrogen-bond acceptors (Lipinski definition) is 2. The molecule has 1 aromatic carbocycles. The van der Waals surface area contributed by atoms with Crippen molar-refractivity contribution in [3.8, 4) is 5.69 Å². The molecule has 0 bridgehead atoms. The molecular weight excluding hydrogens is 234 g/mol. The normalized spacial score (nSPS) is 11.1. The highest BCUT2D eigenvalue weighted by atomic mass is 35.5. The van der Waals surface area contributed by atoms with Crippen molar-refractivity contribution in [2.24, 2.45) is 5.92 Å². The Labute approximate surface area is 106 Å². The number of nitrogen functional groups attached to an aromatic ring is 1. The molecular formula is C13H16ClN3. The first-order chi connectivity index (χ1) is 8.06. The van der Waals surface area contributed by atoms with Gasteiger partial charge in [0, 0.05) is 11.1 Å². The van der Waals surface area contributed by atoms with Crippen LogP contribution in [0, 0.1) is 5.92 Å². The van der Waals surface area contributed by atoms with E-state index in [9.17, 15) is 0 Å². The molecule has 0 saturated carbocycles. The summed E-state index contributed by atoms with van der Waals surface area (Å²) in [6.45, 7) is 4.32. The van der Waals surface area contributed by atoms with Crippen LogP contribution in [0.1, 0.15) is 19.5 Å². The van der Waals surface area contributed by atoms with Crippen LogP contribution in [0.15, 0.2) is 30.3 Å². The predicted molar refractivity (Wildman–Crippen MR) is 71.5 cm³/mol. The lowest BCUT2D eigenvalue weighted by Crippen LogP contribution is -2.02. The van der Waals surface area contributed by atoms with Gasteiger partial charge >= 0.3 is 0 Å². The predicted octanol–water partition coefficient (Wildman–Crippen LogP) is 3.31. The number of nitrogens with zero attached hydrogens (tertiary/aromatic N) is 2. The van der Waals surface area contributed by atoms with Crippen LogP contribution in [0.5, 0.6) is 0 Å². The van der Waals surface area contributed by atoms with Gasteiger partial charge in [-0.05, 0) is 30.5 Å². The van der Waals surface area contributed by atoms with Crippen LogP contribution >= 0.6 is 11.6 Å². The zero-order valence-corrected chi connectivity index (χ0v) is 10.8. The molecule has 4 heteroatoms. The van der Waals surface area contributed by atoms with Gasteiger partial charge in [-0.1, -0.05) is 31.5 Å². The number of rotatable bonds is 3. The maximum atomic E-state index is 5.96. The van der Waals surface area contributed by atoms with Crippen molar-refractivity contribution in [2.75, 3.05) is 5.73 Å². The molecule has 0 atom stereocenters. The largest absolute Gasteiger partial charge is 0.384 e. The molecule has 0 aliphatic carbocycles. The van der Waals surface area contributed by atoms with Gasteiger partial charge in [0.2, 0.25) is 0 Å². The highest BCUT2D eigenvalue weighted by molar-refractivity contribution is 6.30. The lowest BCUT2D eigenvalue weighted by atomic mass is 10.1. The SMILES string of the molecule is CC(C)Cc1cc(N)n(-c2cccc(Cl)c2)n1. The summed E-state index contributed by atoms with van der Waals surface area (Å²) in [7, 11) is 0. The summed E-state index contributed by atoms with van der Waals surface area (Å²) in [4.78, 5) is 0. The molecule has 0 spiro atoms. The Morgan fingerprint density at radius 3 is 2.76 bits per heavy atom. The highest BCUT2D eigenvalue weighted by Crippen LogP contribution is 2.19. The first-order valence-corrected chi connectivity index (χ1v) is 6.04. The number of halogens is 1. The molecule has 0 amide bonds. The average molecular weight is 250 g/mol. The summed E-state index contributed by atoms with van der Waals surface area (Å²) in [6, 6.07) is 9.43. The van der Waals surface area contributed by atoms with Crippen molar-refractivity contribution in [3.05, 3.63) is 41.0 Å². The molecule has 0 fully saturated rings. The van der Waals surface area contributed by atoms with Crippen molar-refractivity contribution in [3.63, 3.8) is 0 Å². The Morgan fingerprint density at radius 1 is 1.35 bits per heavy atom. The smallest absolute Gasteiger partial charge is 0.127 e. The van der Waals surface area contributed by atoms with Gasteiger partial charge in [-0.2, -0.15) is 5.10 Å². The van der Waals surface area contributed by atoms with E-state index in [1.54, 1.807) is 4.68 Å². The monoisotopic (exact) mass is 249 g/mol. The van der Waals surface area contributed by atoms with Crippen LogP contribution in [-0.2, 0) is 6.42 Å². The Kier molecular flexibility index (Phi) is 3.38. The van der Waals surface area contributed by atoms with Crippen molar-refractivity contribution in [1.29, 1.82) is 0 Å². The standard InChI is InChI=1S/C13H16ClN3/c1-9(2)6-11-8-13(15)17(16-11)12-5-3-4-10(14)7-12/h3-5,7-9H,6,15H2,1-2H3. The number of nitrogens with two attached hydrogens (primary N) is 1. The van der Waals surface area contributed by atoms with Crippen molar-refractivity contribution >= 4 is 17.4 Å². The molecule has 2 rings (SSSR count). The third-order valence-corrected chi connectivity index (χ3v) is 2.69. The Morgan fingerprint density at radius 2 is 2.12 bits per heavy atom. The molecule has 17 heavy (non-hydrogen) atoms. The number of hydrogen-bond donors (Lipinski definition) is 1. The van der Waals surface area contributed by atoms with Crippen LogP contribution < -0.4 is 5.73 Å².